The molecular weight excluding hydrogens is 256 g/mol. The van der Waals surface area contributed by atoms with Gasteiger partial charge in [0.1, 0.15) is 0 Å². The Kier molecular flexibility index (Phi) is 3.60. The number of alkyl halides is 2. The Labute approximate surface area is 89.4 Å². The first-order valence-electron chi connectivity index (χ1n) is 4.15. The quantitative estimate of drug-likeness (QED) is 0.905. The molecule has 0 aliphatic rings. The second kappa shape index (κ2) is 4.35. The van der Waals surface area contributed by atoms with Crippen LogP contribution in [0.2, 0.25) is 0 Å². The van der Waals surface area contributed by atoms with E-state index in [1.807, 2.05) is 6.92 Å². The molecular formula is C8H12BrF2N3. The molecule has 80 valence electrons. The van der Waals surface area contributed by atoms with Crippen molar-refractivity contribution in [2.45, 2.75) is 25.8 Å². The van der Waals surface area contributed by atoms with Crippen molar-refractivity contribution in [3.63, 3.8) is 0 Å². The largest absolute Gasteiger partial charge is 0.323 e. The van der Waals surface area contributed by atoms with Crippen LogP contribution in [0.3, 0.4) is 0 Å². The summed E-state index contributed by atoms with van der Waals surface area (Å²) in [6, 6.07) is -1.14. The Morgan fingerprint density at radius 3 is 2.50 bits per heavy atom. The Morgan fingerprint density at radius 2 is 2.14 bits per heavy atom. The van der Waals surface area contributed by atoms with Crippen LogP contribution in [0.4, 0.5) is 8.78 Å². The summed E-state index contributed by atoms with van der Waals surface area (Å²) < 4.78 is 26.8. The van der Waals surface area contributed by atoms with E-state index >= 15 is 0 Å². The summed E-state index contributed by atoms with van der Waals surface area (Å²) in [5.41, 5.74) is 6.77. The van der Waals surface area contributed by atoms with Crippen LogP contribution in [0, 0.1) is 6.92 Å². The highest BCUT2D eigenvalue weighted by Crippen LogP contribution is 2.22. The highest BCUT2D eigenvalue weighted by atomic mass is 79.9. The number of halogens is 3. The van der Waals surface area contributed by atoms with Crippen molar-refractivity contribution in [1.82, 2.24) is 9.78 Å². The molecule has 6 heteroatoms. The van der Waals surface area contributed by atoms with E-state index in [4.69, 9.17) is 5.73 Å². The van der Waals surface area contributed by atoms with Crippen molar-refractivity contribution < 1.29 is 8.78 Å². The maximum absolute atomic E-state index is 12.2. The number of hydrogen-bond donors (Lipinski definition) is 1. The summed E-state index contributed by atoms with van der Waals surface area (Å²) in [5, 5.41) is 4.09. The summed E-state index contributed by atoms with van der Waals surface area (Å²) in [6.07, 6.45) is -2.38. The van der Waals surface area contributed by atoms with Gasteiger partial charge in [0.05, 0.1) is 21.9 Å². The van der Waals surface area contributed by atoms with Gasteiger partial charge in [-0.3, -0.25) is 4.68 Å². The number of aromatic nitrogens is 2. The maximum atomic E-state index is 12.2. The van der Waals surface area contributed by atoms with Gasteiger partial charge in [-0.25, -0.2) is 8.78 Å². The molecule has 1 atom stereocenters. The van der Waals surface area contributed by atoms with E-state index in [-0.39, 0.29) is 6.42 Å². The molecule has 0 bridgehead atoms. The molecule has 14 heavy (non-hydrogen) atoms. The van der Waals surface area contributed by atoms with Gasteiger partial charge >= 0.3 is 0 Å². The van der Waals surface area contributed by atoms with Crippen LogP contribution in [0.15, 0.2) is 4.47 Å². The van der Waals surface area contributed by atoms with Crippen molar-refractivity contribution in [2.24, 2.45) is 12.8 Å². The van der Waals surface area contributed by atoms with Gasteiger partial charge in [0.25, 0.3) is 6.43 Å². The van der Waals surface area contributed by atoms with Crippen LogP contribution in [-0.4, -0.2) is 22.2 Å². The molecule has 3 nitrogen and oxygen atoms in total. The second-order valence-corrected chi connectivity index (χ2v) is 3.97. The van der Waals surface area contributed by atoms with E-state index in [9.17, 15) is 8.78 Å². The average Bonchev–Trinajstić information content (AvgIpc) is 2.32. The molecule has 1 heterocycles. The standard InChI is InChI=1S/C8H12BrF2N3/c1-4-7(9)6(14(2)13-4)3-5(12)8(10)11/h5,8H,3,12H2,1-2H3. The lowest BCUT2D eigenvalue weighted by Crippen LogP contribution is -2.31. The van der Waals surface area contributed by atoms with Crippen LogP contribution in [0.25, 0.3) is 0 Å². The van der Waals surface area contributed by atoms with Crippen LogP contribution in [0.5, 0.6) is 0 Å². The highest BCUT2D eigenvalue weighted by Gasteiger charge is 2.20. The fraction of sp³-hybridized carbons (Fsp3) is 0.625. The molecule has 0 aliphatic heterocycles. The Hall–Kier alpha value is -0.490. The first-order chi connectivity index (χ1) is 6.43. The smallest absolute Gasteiger partial charge is 0.253 e. The normalized spacial score (nSPS) is 13.6. The van der Waals surface area contributed by atoms with Crippen LogP contribution in [0.1, 0.15) is 11.4 Å². The number of rotatable bonds is 3. The third kappa shape index (κ3) is 2.30. The maximum Gasteiger partial charge on any atom is 0.253 e. The summed E-state index contributed by atoms with van der Waals surface area (Å²) in [4.78, 5) is 0. The SMILES string of the molecule is Cc1nn(C)c(CC(N)C(F)F)c1Br. The minimum absolute atomic E-state index is 0.121. The number of nitrogens with zero attached hydrogens (tertiary/aromatic N) is 2. The van der Waals surface area contributed by atoms with Crippen molar-refractivity contribution in [3.05, 3.63) is 15.9 Å². The van der Waals surface area contributed by atoms with Crippen molar-refractivity contribution >= 4 is 15.9 Å². The van der Waals surface area contributed by atoms with Crippen LogP contribution < -0.4 is 5.73 Å². The monoisotopic (exact) mass is 267 g/mol. The third-order valence-electron chi connectivity index (χ3n) is 2.01. The minimum Gasteiger partial charge on any atom is -0.323 e. The molecule has 0 saturated heterocycles. The molecule has 0 aliphatic carbocycles. The molecule has 1 aromatic rings. The van der Waals surface area contributed by atoms with Crippen molar-refractivity contribution in [1.29, 1.82) is 0 Å². The molecule has 1 unspecified atom stereocenters. The Bertz CT molecular complexity index is 325. The van der Waals surface area contributed by atoms with Gasteiger partial charge in [-0.1, -0.05) is 0 Å². The zero-order valence-corrected chi connectivity index (χ0v) is 9.55. The van der Waals surface area contributed by atoms with Gasteiger partial charge in [0.15, 0.2) is 0 Å². The second-order valence-electron chi connectivity index (χ2n) is 3.17. The molecule has 0 amide bonds. The zero-order valence-electron chi connectivity index (χ0n) is 7.97. The summed E-state index contributed by atoms with van der Waals surface area (Å²) >= 11 is 3.29. The molecule has 1 aromatic heterocycles. The molecule has 0 aromatic carbocycles. The van der Waals surface area contributed by atoms with Crippen LogP contribution in [-0.2, 0) is 13.5 Å². The minimum atomic E-state index is -2.50. The van der Waals surface area contributed by atoms with Gasteiger partial charge in [-0.2, -0.15) is 5.10 Å². The predicted octanol–water partition coefficient (Wildman–Crippen LogP) is 1.63. The Balaban J connectivity index is 2.86. The van der Waals surface area contributed by atoms with E-state index in [1.165, 1.54) is 0 Å². The zero-order chi connectivity index (χ0) is 10.9. The molecule has 0 spiro atoms. The van der Waals surface area contributed by atoms with Gasteiger partial charge in [-0.05, 0) is 22.9 Å². The van der Waals surface area contributed by atoms with Gasteiger partial charge < -0.3 is 5.73 Å². The lowest BCUT2D eigenvalue weighted by atomic mass is 10.1. The molecule has 1 rings (SSSR count). The molecule has 0 saturated carbocycles. The van der Waals surface area contributed by atoms with Gasteiger partial charge in [-0.15, -0.1) is 0 Å². The van der Waals surface area contributed by atoms with Crippen LogP contribution >= 0.6 is 15.9 Å². The van der Waals surface area contributed by atoms with Crippen molar-refractivity contribution in [2.75, 3.05) is 0 Å². The average molecular weight is 268 g/mol. The van der Waals surface area contributed by atoms with Crippen molar-refractivity contribution in [3.8, 4) is 0 Å². The van der Waals surface area contributed by atoms with E-state index < -0.39 is 12.5 Å². The van der Waals surface area contributed by atoms with E-state index in [0.717, 1.165) is 10.2 Å². The summed E-state index contributed by atoms with van der Waals surface area (Å²) in [6.45, 7) is 1.81. The molecule has 0 fully saturated rings. The fourth-order valence-electron chi connectivity index (χ4n) is 1.21. The highest BCUT2D eigenvalue weighted by molar-refractivity contribution is 9.10. The topological polar surface area (TPSA) is 43.8 Å². The Morgan fingerprint density at radius 1 is 1.57 bits per heavy atom. The van der Waals surface area contributed by atoms with E-state index in [0.29, 0.717) is 5.69 Å². The first kappa shape index (κ1) is 11.6. The first-order valence-corrected chi connectivity index (χ1v) is 4.94. The predicted molar refractivity (Wildman–Crippen MR) is 53.3 cm³/mol. The lowest BCUT2D eigenvalue weighted by Gasteiger charge is -2.10. The lowest BCUT2D eigenvalue weighted by molar-refractivity contribution is 0.115. The number of hydrogen-bond acceptors (Lipinski definition) is 2. The summed E-state index contributed by atoms with van der Waals surface area (Å²) in [5.74, 6) is 0. The van der Waals surface area contributed by atoms with E-state index in [1.54, 1.807) is 11.7 Å². The number of aryl methyl sites for hydroxylation is 2. The van der Waals surface area contributed by atoms with E-state index in [2.05, 4.69) is 21.0 Å². The third-order valence-corrected chi connectivity index (χ3v) is 3.05. The molecule has 2 N–H and O–H groups in total. The summed E-state index contributed by atoms with van der Waals surface area (Å²) in [7, 11) is 1.71. The number of nitrogens with two attached hydrogens (primary N) is 1. The van der Waals surface area contributed by atoms with Gasteiger partial charge in [0, 0.05) is 13.5 Å². The van der Waals surface area contributed by atoms with Gasteiger partial charge in [0.2, 0.25) is 0 Å². The fourth-order valence-corrected chi connectivity index (χ4v) is 1.71. The molecule has 0 radical (unpaired) electrons.